The lowest BCUT2D eigenvalue weighted by Gasteiger charge is -2.34. The molecule has 0 aromatic heterocycles. The minimum Gasteiger partial charge on any atom is -0.378 e. The van der Waals surface area contributed by atoms with Crippen LogP contribution in [0, 0.1) is 11.8 Å². The largest absolute Gasteiger partial charge is 0.378 e. The Kier molecular flexibility index (Phi) is 9.42. The van der Waals surface area contributed by atoms with Crippen molar-refractivity contribution in [3.05, 3.63) is 0 Å². The monoisotopic (exact) mass is 278 g/mol. The molecule has 2 atom stereocenters. The quantitative estimate of drug-likeness (QED) is 0.776. The number of hydrogen-bond donors (Lipinski definition) is 2. The first-order valence-electron chi connectivity index (χ1n) is 6.68. The summed E-state index contributed by atoms with van der Waals surface area (Å²) < 4.78 is 5.80. The Labute approximate surface area is 117 Å². The Hall–Kier alpha value is -0.320. The van der Waals surface area contributed by atoms with Crippen LogP contribution in [0.3, 0.4) is 0 Å². The molecule has 0 saturated carbocycles. The Morgan fingerprint density at radius 1 is 1.44 bits per heavy atom. The summed E-state index contributed by atoms with van der Waals surface area (Å²) in [6.45, 7) is 6.73. The Morgan fingerprint density at radius 3 is 2.78 bits per heavy atom. The van der Waals surface area contributed by atoms with Crippen LogP contribution >= 0.6 is 12.4 Å². The van der Waals surface area contributed by atoms with E-state index in [1.54, 1.807) is 0 Å². The predicted octanol–water partition coefficient (Wildman–Crippen LogP) is 1.59. The third kappa shape index (κ3) is 6.03. The zero-order valence-electron chi connectivity index (χ0n) is 11.7. The highest BCUT2D eigenvalue weighted by Gasteiger charge is 2.28. The summed E-state index contributed by atoms with van der Waals surface area (Å²) in [4.78, 5) is 11.5. The first-order valence-corrected chi connectivity index (χ1v) is 6.68. The molecular formula is C13H27ClN2O2. The van der Waals surface area contributed by atoms with E-state index in [0.717, 1.165) is 32.5 Å². The van der Waals surface area contributed by atoms with Gasteiger partial charge in [-0.15, -0.1) is 12.4 Å². The summed E-state index contributed by atoms with van der Waals surface area (Å²) in [6.07, 6.45) is 3.12. The van der Waals surface area contributed by atoms with Crippen molar-refractivity contribution in [1.82, 2.24) is 10.6 Å². The van der Waals surface area contributed by atoms with Crippen LogP contribution in [0.1, 0.15) is 33.1 Å². The van der Waals surface area contributed by atoms with Crippen molar-refractivity contribution in [1.29, 1.82) is 0 Å². The second kappa shape index (κ2) is 9.59. The lowest BCUT2D eigenvalue weighted by molar-refractivity contribution is -0.122. The number of halogens is 1. The molecule has 1 aliphatic rings. The van der Waals surface area contributed by atoms with Crippen LogP contribution in [-0.2, 0) is 9.53 Å². The molecular weight excluding hydrogens is 252 g/mol. The molecule has 108 valence electrons. The second-order valence-electron chi connectivity index (χ2n) is 5.14. The normalized spacial score (nSPS) is 23.6. The molecule has 1 heterocycles. The van der Waals surface area contributed by atoms with E-state index >= 15 is 0 Å². The summed E-state index contributed by atoms with van der Waals surface area (Å²) in [7, 11) is 1.86. The molecule has 1 saturated heterocycles. The molecule has 18 heavy (non-hydrogen) atoms. The molecule has 2 unspecified atom stereocenters. The maximum absolute atomic E-state index is 11.5. The van der Waals surface area contributed by atoms with Gasteiger partial charge >= 0.3 is 0 Å². The highest BCUT2D eigenvalue weighted by molar-refractivity contribution is 5.85. The SMILES string of the molecule is CNCCC(=O)NCC1CCCOC1C(C)C.Cl. The van der Waals surface area contributed by atoms with E-state index in [1.165, 1.54) is 0 Å². The molecule has 1 amide bonds. The highest BCUT2D eigenvalue weighted by Crippen LogP contribution is 2.25. The van der Waals surface area contributed by atoms with Gasteiger partial charge in [-0.3, -0.25) is 4.79 Å². The van der Waals surface area contributed by atoms with Gasteiger partial charge in [-0.2, -0.15) is 0 Å². The van der Waals surface area contributed by atoms with Gasteiger partial charge in [0.1, 0.15) is 0 Å². The number of ether oxygens (including phenoxy) is 1. The summed E-state index contributed by atoms with van der Waals surface area (Å²) in [5.41, 5.74) is 0. The molecule has 5 heteroatoms. The molecule has 1 rings (SSSR count). The van der Waals surface area contributed by atoms with Crippen molar-refractivity contribution < 1.29 is 9.53 Å². The average Bonchev–Trinajstić information content (AvgIpc) is 2.34. The number of rotatable bonds is 6. The lowest BCUT2D eigenvalue weighted by Crippen LogP contribution is -2.41. The molecule has 0 spiro atoms. The van der Waals surface area contributed by atoms with E-state index in [1.807, 2.05) is 7.05 Å². The number of carbonyl (C=O) groups is 1. The molecule has 1 fully saturated rings. The topological polar surface area (TPSA) is 50.4 Å². The molecule has 1 aliphatic heterocycles. The van der Waals surface area contributed by atoms with Crippen LogP contribution in [0.25, 0.3) is 0 Å². The third-order valence-electron chi connectivity index (χ3n) is 3.31. The van der Waals surface area contributed by atoms with E-state index in [2.05, 4.69) is 24.5 Å². The summed E-state index contributed by atoms with van der Waals surface area (Å²) in [5.74, 6) is 1.13. The number of amides is 1. The van der Waals surface area contributed by atoms with Gasteiger partial charge in [0.05, 0.1) is 6.10 Å². The number of carbonyl (C=O) groups excluding carboxylic acids is 1. The summed E-state index contributed by atoms with van der Waals surface area (Å²) in [5, 5.41) is 5.99. The zero-order chi connectivity index (χ0) is 12.7. The van der Waals surface area contributed by atoms with Gasteiger partial charge in [0, 0.05) is 32.0 Å². The Morgan fingerprint density at radius 2 is 2.17 bits per heavy atom. The van der Waals surface area contributed by atoms with Gasteiger partial charge in [0.25, 0.3) is 0 Å². The van der Waals surface area contributed by atoms with Crippen LogP contribution in [0.2, 0.25) is 0 Å². The van der Waals surface area contributed by atoms with Crippen LogP contribution < -0.4 is 10.6 Å². The van der Waals surface area contributed by atoms with Crippen LogP contribution in [0.15, 0.2) is 0 Å². The number of hydrogen-bond acceptors (Lipinski definition) is 3. The average molecular weight is 279 g/mol. The van der Waals surface area contributed by atoms with Gasteiger partial charge in [-0.25, -0.2) is 0 Å². The molecule has 0 bridgehead atoms. The zero-order valence-corrected chi connectivity index (χ0v) is 12.5. The van der Waals surface area contributed by atoms with Crippen LogP contribution in [0.4, 0.5) is 0 Å². The maximum atomic E-state index is 11.5. The van der Waals surface area contributed by atoms with Crippen molar-refractivity contribution in [3.63, 3.8) is 0 Å². The lowest BCUT2D eigenvalue weighted by atomic mass is 9.87. The van der Waals surface area contributed by atoms with E-state index in [9.17, 15) is 4.79 Å². The van der Waals surface area contributed by atoms with Gasteiger partial charge in [-0.05, 0) is 25.8 Å². The molecule has 2 N–H and O–H groups in total. The first-order chi connectivity index (χ1) is 8.15. The standard InChI is InChI=1S/C13H26N2O2.ClH/c1-10(2)13-11(5-4-8-17-13)9-15-12(16)6-7-14-3;/h10-11,13-14H,4-9H2,1-3H3,(H,15,16);1H. The van der Waals surface area contributed by atoms with Crippen LogP contribution in [-0.4, -0.2) is 38.8 Å². The second-order valence-corrected chi connectivity index (χ2v) is 5.14. The first kappa shape index (κ1) is 17.7. The van der Waals surface area contributed by atoms with E-state index in [4.69, 9.17) is 4.74 Å². The van der Waals surface area contributed by atoms with E-state index in [-0.39, 0.29) is 18.3 Å². The third-order valence-corrected chi connectivity index (χ3v) is 3.31. The Balaban J connectivity index is 0.00000289. The maximum Gasteiger partial charge on any atom is 0.221 e. The predicted molar refractivity (Wildman–Crippen MR) is 76.1 cm³/mol. The van der Waals surface area contributed by atoms with Crippen molar-refractivity contribution in [3.8, 4) is 0 Å². The fraction of sp³-hybridized carbons (Fsp3) is 0.923. The van der Waals surface area contributed by atoms with Gasteiger partial charge < -0.3 is 15.4 Å². The summed E-state index contributed by atoms with van der Waals surface area (Å²) in [6, 6.07) is 0. The van der Waals surface area contributed by atoms with Gasteiger partial charge in [0.15, 0.2) is 0 Å². The van der Waals surface area contributed by atoms with Crippen molar-refractivity contribution in [2.75, 3.05) is 26.7 Å². The fourth-order valence-corrected chi connectivity index (χ4v) is 2.39. The van der Waals surface area contributed by atoms with E-state index in [0.29, 0.717) is 24.4 Å². The highest BCUT2D eigenvalue weighted by atomic mass is 35.5. The van der Waals surface area contributed by atoms with Crippen molar-refractivity contribution in [2.24, 2.45) is 11.8 Å². The van der Waals surface area contributed by atoms with Gasteiger partial charge in [0.2, 0.25) is 5.91 Å². The number of nitrogens with one attached hydrogen (secondary N) is 2. The molecule has 0 radical (unpaired) electrons. The van der Waals surface area contributed by atoms with Gasteiger partial charge in [-0.1, -0.05) is 13.8 Å². The Bertz CT molecular complexity index is 237. The summed E-state index contributed by atoms with van der Waals surface area (Å²) >= 11 is 0. The smallest absolute Gasteiger partial charge is 0.221 e. The molecule has 0 aromatic rings. The minimum atomic E-state index is 0. The molecule has 4 nitrogen and oxygen atoms in total. The van der Waals surface area contributed by atoms with Crippen molar-refractivity contribution in [2.45, 2.75) is 39.2 Å². The van der Waals surface area contributed by atoms with E-state index < -0.39 is 0 Å². The minimum absolute atomic E-state index is 0. The van der Waals surface area contributed by atoms with Crippen LogP contribution in [0.5, 0.6) is 0 Å². The molecule has 0 aromatic carbocycles. The fourth-order valence-electron chi connectivity index (χ4n) is 2.39. The molecule has 0 aliphatic carbocycles. The van der Waals surface area contributed by atoms with Crippen molar-refractivity contribution >= 4 is 18.3 Å².